The van der Waals surface area contributed by atoms with Gasteiger partial charge in [-0.25, -0.2) is 0 Å². The molecule has 0 aromatic rings. The van der Waals surface area contributed by atoms with Gasteiger partial charge in [0.15, 0.2) is 0 Å². The monoisotopic (exact) mass is 234 g/mol. The first-order valence-electron chi connectivity index (χ1n) is 2.20. The van der Waals surface area contributed by atoms with E-state index in [-0.39, 0.29) is 19.5 Å². The Labute approximate surface area is 84.8 Å². The molecular formula is C4H2N4O4Zn. The van der Waals surface area contributed by atoms with Crippen LogP contribution in [0.1, 0.15) is 0 Å². The third-order valence-corrected chi connectivity index (χ3v) is 0.291. The molecule has 0 amide bonds. The number of rotatable bonds is 2. The summed E-state index contributed by atoms with van der Waals surface area (Å²) < 4.78 is 0. The van der Waals surface area contributed by atoms with Crippen molar-refractivity contribution in [2.24, 2.45) is 0 Å². The standard InChI is InChI=1S/2C2HN2O2.Zn/c2*3-4-1-2(5)6;/h2*(H,5,6);/q2*-1;+2. The van der Waals surface area contributed by atoms with Gasteiger partial charge in [0.25, 0.3) is 0 Å². The van der Waals surface area contributed by atoms with Gasteiger partial charge in [0, 0.05) is 0 Å². The molecule has 8 nitrogen and oxygen atoms in total. The van der Waals surface area contributed by atoms with E-state index in [1.54, 1.807) is 0 Å². The van der Waals surface area contributed by atoms with E-state index in [4.69, 9.17) is 21.3 Å². The molecule has 0 saturated heterocycles. The van der Waals surface area contributed by atoms with Crippen LogP contribution >= 0.6 is 0 Å². The fourth-order valence-electron chi connectivity index (χ4n) is 0.0855. The topological polar surface area (TPSA) is 147 Å². The van der Waals surface area contributed by atoms with Gasteiger partial charge in [0.1, 0.15) is 0 Å². The summed E-state index contributed by atoms with van der Waals surface area (Å²) in [7, 11) is 0. The van der Waals surface area contributed by atoms with E-state index < -0.39 is 11.9 Å². The Morgan fingerprint density at radius 1 is 1.00 bits per heavy atom. The largest absolute Gasteiger partial charge is 2.00 e. The van der Waals surface area contributed by atoms with Crippen molar-refractivity contribution in [2.75, 3.05) is 0 Å². The van der Waals surface area contributed by atoms with Crippen LogP contribution in [0.3, 0.4) is 0 Å². The Hall–Kier alpha value is -1.68. The smallest absolute Gasteiger partial charge is 0.500 e. The fraction of sp³-hybridized carbons (Fsp3) is 0. The zero-order valence-corrected chi connectivity index (χ0v) is 9.17. The van der Waals surface area contributed by atoms with E-state index in [9.17, 15) is 9.59 Å². The maximum absolute atomic E-state index is 9.23. The summed E-state index contributed by atoms with van der Waals surface area (Å²) >= 11 is 0. The second kappa shape index (κ2) is 13.0. The summed E-state index contributed by atoms with van der Waals surface area (Å²) in [5.74, 6) is -2.75. The van der Waals surface area contributed by atoms with E-state index >= 15 is 0 Å². The number of carboxylic acid groups (broad SMARTS) is 2. The number of carboxylic acids is 2. The normalized spacial score (nSPS) is 5.54. The summed E-state index contributed by atoms with van der Waals surface area (Å²) in [6, 6.07) is 0. The Kier molecular flexibility index (Phi) is 17.4. The average Bonchev–Trinajstić information content (AvgIpc) is 1.87. The van der Waals surface area contributed by atoms with Gasteiger partial charge in [-0.2, -0.15) is 0 Å². The summed E-state index contributed by atoms with van der Waals surface area (Å²) in [6.45, 7) is 0. The maximum Gasteiger partial charge on any atom is 2.00 e. The first kappa shape index (κ1) is 17.4. The molecule has 0 bridgehead atoms. The number of carbonyl (C=O) groups is 2. The minimum atomic E-state index is -1.38. The molecule has 0 radical (unpaired) electrons. The molecule has 13 heavy (non-hydrogen) atoms. The van der Waals surface area contributed by atoms with Gasteiger partial charge in [0.05, 0.1) is 12.4 Å². The van der Waals surface area contributed by atoms with Crippen molar-refractivity contribution >= 4 is 24.4 Å². The molecule has 0 aromatic carbocycles. The van der Waals surface area contributed by atoms with Gasteiger partial charge >= 0.3 is 19.5 Å². The van der Waals surface area contributed by atoms with Crippen LogP contribution in [0.5, 0.6) is 0 Å². The van der Waals surface area contributed by atoms with E-state index in [1.165, 1.54) is 12.4 Å². The van der Waals surface area contributed by atoms with Gasteiger partial charge in [0.2, 0.25) is 11.9 Å². The van der Waals surface area contributed by atoms with Crippen molar-refractivity contribution in [2.45, 2.75) is 0 Å². The van der Waals surface area contributed by atoms with Gasteiger partial charge < -0.3 is 30.9 Å². The third kappa shape index (κ3) is 38.3. The van der Waals surface area contributed by atoms with E-state index in [0.717, 1.165) is 0 Å². The molecule has 64 valence electrons. The number of aliphatic carboxylic acids is 2. The van der Waals surface area contributed by atoms with E-state index in [2.05, 4.69) is 9.58 Å². The van der Waals surface area contributed by atoms with E-state index in [1.807, 2.05) is 0 Å². The van der Waals surface area contributed by atoms with Crippen LogP contribution in [0.4, 0.5) is 0 Å². The summed E-state index contributed by atoms with van der Waals surface area (Å²) in [4.78, 5) is 22.6. The molecule has 9 heteroatoms. The summed E-state index contributed by atoms with van der Waals surface area (Å²) in [5, 5.41) is 15.1. The Balaban J connectivity index is -0.000000143. The van der Waals surface area contributed by atoms with Crippen LogP contribution < -0.4 is 0 Å². The van der Waals surface area contributed by atoms with Crippen LogP contribution in [-0.2, 0) is 29.1 Å². The van der Waals surface area contributed by atoms with Crippen LogP contribution in [0.15, 0.2) is 0 Å². The molecule has 0 heterocycles. The minimum absolute atomic E-state index is 0. The number of hydrogen-bond donors (Lipinski definition) is 2. The van der Waals surface area contributed by atoms with Crippen LogP contribution in [0.2, 0.25) is 0 Å². The van der Waals surface area contributed by atoms with Crippen molar-refractivity contribution in [1.29, 1.82) is 0 Å². The predicted octanol–water partition coefficient (Wildman–Crippen LogP) is -1.51. The molecule has 0 atom stereocenters. The Morgan fingerprint density at radius 2 is 1.23 bits per heavy atom. The second-order valence-electron chi connectivity index (χ2n) is 1.03. The summed E-state index contributed by atoms with van der Waals surface area (Å²) in [6.07, 6.45) is 2.61. The van der Waals surface area contributed by atoms with Crippen molar-refractivity contribution in [3.05, 3.63) is 11.1 Å². The van der Waals surface area contributed by atoms with E-state index in [0.29, 0.717) is 0 Å². The zero-order valence-electron chi connectivity index (χ0n) is 6.21. The van der Waals surface area contributed by atoms with Gasteiger partial charge in [-0.1, -0.05) is 0 Å². The van der Waals surface area contributed by atoms with Crippen molar-refractivity contribution in [3.8, 4) is 0 Å². The zero-order chi connectivity index (χ0) is 9.98. The minimum Gasteiger partial charge on any atom is -0.500 e. The molecule has 0 fully saturated rings. The van der Waals surface area contributed by atoms with Crippen molar-refractivity contribution < 1.29 is 48.9 Å². The SMILES string of the molecule is [N-]=[N+]=[C-]C(=O)O.[N-]=[N+]=[C-]C(=O)O.[Zn+2]. The number of hydrogen-bond acceptors (Lipinski definition) is 2. The molecule has 0 aliphatic carbocycles. The number of nitrogens with zero attached hydrogens (tertiary/aromatic N) is 4. The molecule has 0 saturated carbocycles. The quantitative estimate of drug-likeness (QED) is 0.197. The van der Waals surface area contributed by atoms with Crippen molar-refractivity contribution in [3.63, 3.8) is 0 Å². The molecular weight excluding hydrogens is 233 g/mol. The molecule has 0 aliphatic rings. The third-order valence-electron chi connectivity index (χ3n) is 0.291. The van der Waals surface area contributed by atoms with Gasteiger partial charge in [-0.05, 0) is 0 Å². The molecule has 0 rings (SSSR count). The van der Waals surface area contributed by atoms with Crippen LogP contribution in [0.25, 0.3) is 11.1 Å². The predicted molar refractivity (Wildman–Crippen MR) is 32.5 cm³/mol. The van der Waals surface area contributed by atoms with Crippen LogP contribution in [-0.4, -0.2) is 44.2 Å². The molecule has 0 aliphatic heterocycles. The molecule has 2 N–H and O–H groups in total. The maximum atomic E-state index is 9.23. The fourth-order valence-corrected chi connectivity index (χ4v) is 0.0855. The molecule has 0 aromatic heterocycles. The first-order chi connectivity index (χ1) is 5.54. The van der Waals surface area contributed by atoms with Gasteiger partial charge in [-0.15, -0.1) is 0 Å². The van der Waals surface area contributed by atoms with Crippen LogP contribution in [0, 0.1) is 0 Å². The Morgan fingerprint density at radius 3 is 1.23 bits per heavy atom. The first-order valence-corrected chi connectivity index (χ1v) is 2.20. The molecule has 0 unspecified atom stereocenters. The second-order valence-corrected chi connectivity index (χ2v) is 1.03. The van der Waals surface area contributed by atoms with Crippen molar-refractivity contribution in [1.82, 2.24) is 0 Å². The van der Waals surface area contributed by atoms with Gasteiger partial charge in [-0.3, -0.25) is 9.59 Å². The Bertz CT molecular complexity index is 237. The average molecular weight is 235 g/mol. The molecule has 0 spiro atoms. The summed E-state index contributed by atoms with van der Waals surface area (Å²) in [5.41, 5.74) is 14.7.